The van der Waals surface area contributed by atoms with E-state index in [0.717, 1.165) is 43.4 Å². The smallest absolute Gasteiger partial charge is 0.336 e. The average Bonchev–Trinajstić information content (AvgIpc) is 3.03. The molecule has 0 bridgehead atoms. The lowest BCUT2D eigenvalue weighted by atomic mass is 9.82. The number of allylic oxidation sites excluding steroid dienone is 1. The monoisotopic (exact) mass is 648 g/mol. The van der Waals surface area contributed by atoms with Gasteiger partial charge in [-0.3, -0.25) is 9.59 Å². The number of hydrogen-bond donors (Lipinski definition) is 4. The van der Waals surface area contributed by atoms with Crippen molar-refractivity contribution < 1.29 is 29.3 Å². The van der Waals surface area contributed by atoms with Gasteiger partial charge in [0, 0.05) is 13.5 Å². The molecule has 0 spiro atoms. The van der Waals surface area contributed by atoms with Crippen LogP contribution in [-0.2, 0) is 20.8 Å². The van der Waals surface area contributed by atoms with Gasteiger partial charge in [0.15, 0.2) is 5.60 Å². The van der Waals surface area contributed by atoms with Gasteiger partial charge in [0.25, 0.3) is 0 Å². The van der Waals surface area contributed by atoms with Crippen LogP contribution in [0.3, 0.4) is 0 Å². The van der Waals surface area contributed by atoms with Crippen molar-refractivity contribution in [2.24, 2.45) is 5.92 Å². The molecule has 9 heteroatoms. The molecule has 0 saturated heterocycles. The van der Waals surface area contributed by atoms with Gasteiger partial charge in [-0.1, -0.05) is 96.4 Å². The maximum atomic E-state index is 13.6. The Morgan fingerprint density at radius 3 is 2.07 bits per heavy atom. The SMILES string of the molecule is CCCCCCCSCCCCCC/C=C/[C@H](C(=O)N[C@@H](Cc1ccc(OCCCC)cc1)C(=O)NC)[C@@](O)(CCC)C(=O)O. The number of amides is 2. The van der Waals surface area contributed by atoms with Crippen molar-refractivity contribution in [3.05, 3.63) is 42.0 Å². The van der Waals surface area contributed by atoms with Crippen LogP contribution >= 0.6 is 11.8 Å². The number of nitrogens with one attached hydrogen (secondary N) is 2. The second kappa shape index (κ2) is 24.7. The van der Waals surface area contributed by atoms with Crippen LogP contribution in [0.2, 0.25) is 0 Å². The number of carbonyl (C=O) groups excluding carboxylic acids is 2. The summed E-state index contributed by atoms with van der Waals surface area (Å²) in [4.78, 5) is 38.6. The number of unbranched alkanes of at least 4 members (excludes halogenated alkanes) is 9. The first-order valence-electron chi connectivity index (χ1n) is 17.2. The Labute approximate surface area is 276 Å². The Morgan fingerprint density at radius 2 is 1.49 bits per heavy atom. The summed E-state index contributed by atoms with van der Waals surface area (Å²) in [5.74, 6) is -0.740. The minimum atomic E-state index is -2.28. The molecule has 4 N–H and O–H groups in total. The number of rotatable bonds is 27. The number of hydrogen-bond acceptors (Lipinski definition) is 6. The van der Waals surface area contributed by atoms with Crippen LogP contribution in [0.15, 0.2) is 36.4 Å². The van der Waals surface area contributed by atoms with Crippen molar-refractivity contribution in [3.63, 3.8) is 0 Å². The summed E-state index contributed by atoms with van der Waals surface area (Å²) in [6.07, 6.45) is 17.3. The summed E-state index contributed by atoms with van der Waals surface area (Å²) in [5.41, 5.74) is -1.47. The van der Waals surface area contributed by atoms with Crippen LogP contribution in [0.25, 0.3) is 0 Å². The average molecular weight is 649 g/mol. The van der Waals surface area contributed by atoms with Gasteiger partial charge < -0.3 is 25.6 Å². The van der Waals surface area contributed by atoms with Crippen LogP contribution in [0, 0.1) is 5.92 Å². The predicted octanol–water partition coefficient (Wildman–Crippen LogP) is 7.08. The molecule has 0 fully saturated rings. The summed E-state index contributed by atoms with van der Waals surface area (Å²) >= 11 is 2.03. The number of aliphatic carboxylic acids is 1. The molecule has 0 radical (unpaired) electrons. The van der Waals surface area contributed by atoms with Gasteiger partial charge in [-0.25, -0.2) is 4.79 Å². The Bertz CT molecular complexity index is 986. The van der Waals surface area contributed by atoms with Crippen molar-refractivity contribution in [1.29, 1.82) is 0 Å². The zero-order valence-corrected chi connectivity index (χ0v) is 29.1. The third-order valence-corrected chi connectivity index (χ3v) is 9.09. The van der Waals surface area contributed by atoms with Gasteiger partial charge in [-0.15, -0.1) is 0 Å². The highest BCUT2D eigenvalue weighted by Gasteiger charge is 2.46. The molecule has 0 heterocycles. The first-order chi connectivity index (χ1) is 21.7. The van der Waals surface area contributed by atoms with E-state index in [0.29, 0.717) is 19.4 Å². The molecule has 0 aliphatic heterocycles. The van der Waals surface area contributed by atoms with Crippen molar-refractivity contribution in [3.8, 4) is 5.75 Å². The van der Waals surface area contributed by atoms with Crippen molar-refractivity contribution >= 4 is 29.5 Å². The summed E-state index contributed by atoms with van der Waals surface area (Å²) in [6.45, 7) is 6.73. The molecule has 2 amide bonds. The van der Waals surface area contributed by atoms with E-state index >= 15 is 0 Å². The third-order valence-electron chi connectivity index (χ3n) is 7.94. The predicted molar refractivity (Wildman–Crippen MR) is 186 cm³/mol. The highest BCUT2D eigenvalue weighted by molar-refractivity contribution is 7.99. The number of carbonyl (C=O) groups is 3. The quantitative estimate of drug-likeness (QED) is 0.0594. The maximum absolute atomic E-state index is 13.6. The van der Waals surface area contributed by atoms with E-state index in [2.05, 4.69) is 24.5 Å². The van der Waals surface area contributed by atoms with Crippen molar-refractivity contribution in [2.75, 3.05) is 25.2 Å². The molecule has 1 aromatic rings. The standard InChI is InChI=1S/C36H60N2O6S/c1-5-8-10-14-17-26-45-27-18-15-12-11-13-16-19-31(36(43,24-7-3)35(41)42)33(39)38-32(34(40)37-4)28-29-20-22-30(23-21-29)44-25-9-6-2/h16,19-23,31-32,43H,5-15,17-18,24-28H2,1-4H3,(H,37,40)(H,38,39)(H,41,42)/b19-16+/t31-,32+,36+/m1/s1. The minimum Gasteiger partial charge on any atom is -0.494 e. The van der Waals surface area contributed by atoms with E-state index in [-0.39, 0.29) is 12.8 Å². The second-order valence-electron chi connectivity index (χ2n) is 11.8. The van der Waals surface area contributed by atoms with Gasteiger partial charge >= 0.3 is 5.97 Å². The van der Waals surface area contributed by atoms with Crippen molar-refractivity contribution in [2.45, 2.75) is 129 Å². The zero-order chi connectivity index (χ0) is 33.3. The fourth-order valence-electron chi connectivity index (χ4n) is 5.14. The first-order valence-corrected chi connectivity index (χ1v) is 18.3. The number of carboxylic acids is 1. The molecule has 0 aromatic heterocycles. The van der Waals surface area contributed by atoms with E-state index in [1.807, 2.05) is 36.0 Å². The molecule has 256 valence electrons. The topological polar surface area (TPSA) is 125 Å². The molecule has 0 aliphatic rings. The molecule has 0 unspecified atom stereocenters. The summed E-state index contributed by atoms with van der Waals surface area (Å²) in [5, 5.41) is 26.5. The Hall–Kier alpha value is -2.52. The van der Waals surface area contributed by atoms with Crippen LogP contribution in [0.4, 0.5) is 0 Å². The first kappa shape index (κ1) is 40.5. The van der Waals surface area contributed by atoms with Gasteiger partial charge in [0.1, 0.15) is 11.8 Å². The van der Waals surface area contributed by atoms with Gasteiger partial charge in [-0.2, -0.15) is 11.8 Å². The molecular weight excluding hydrogens is 588 g/mol. The van der Waals surface area contributed by atoms with Crippen LogP contribution in [0.1, 0.15) is 116 Å². The van der Waals surface area contributed by atoms with Crippen LogP contribution in [0.5, 0.6) is 5.75 Å². The van der Waals surface area contributed by atoms with Crippen molar-refractivity contribution in [1.82, 2.24) is 10.6 Å². The number of benzene rings is 1. The fourth-order valence-corrected chi connectivity index (χ4v) is 6.16. The summed E-state index contributed by atoms with van der Waals surface area (Å²) in [7, 11) is 1.49. The third kappa shape index (κ3) is 16.6. The minimum absolute atomic E-state index is 0.0921. The van der Waals surface area contributed by atoms with E-state index in [1.54, 1.807) is 13.0 Å². The number of carboxylic acid groups (broad SMARTS) is 1. The Balaban J connectivity index is 2.78. The molecule has 1 rings (SSSR count). The highest BCUT2D eigenvalue weighted by Crippen LogP contribution is 2.27. The zero-order valence-electron chi connectivity index (χ0n) is 28.3. The molecule has 1 aromatic carbocycles. The molecule has 0 saturated carbocycles. The van der Waals surface area contributed by atoms with E-state index in [4.69, 9.17) is 4.74 Å². The number of likely N-dealkylation sites (N-methyl/N-ethyl adjacent to an activating group) is 1. The van der Waals surface area contributed by atoms with E-state index < -0.39 is 35.3 Å². The van der Waals surface area contributed by atoms with Crippen LogP contribution < -0.4 is 15.4 Å². The maximum Gasteiger partial charge on any atom is 0.336 e. The Kier molecular flexibility index (Phi) is 22.2. The van der Waals surface area contributed by atoms with Crippen LogP contribution in [-0.4, -0.2) is 64.8 Å². The second-order valence-corrected chi connectivity index (χ2v) is 13.1. The van der Waals surface area contributed by atoms with Gasteiger partial charge in [0.2, 0.25) is 11.8 Å². The number of thioether (sulfide) groups is 1. The van der Waals surface area contributed by atoms with Gasteiger partial charge in [0.05, 0.1) is 12.5 Å². The molecular formula is C36H60N2O6S. The lowest BCUT2D eigenvalue weighted by molar-refractivity contribution is -0.167. The van der Waals surface area contributed by atoms with Gasteiger partial charge in [-0.05, 0) is 67.7 Å². The molecule has 3 atom stereocenters. The molecule has 0 aliphatic carbocycles. The molecule has 45 heavy (non-hydrogen) atoms. The Morgan fingerprint density at radius 1 is 0.867 bits per heavy atom. The lowest BCUT2D eigenvalue weighted by Crippen LogP contribution is -2.55. The lowest BCUT2D eigenvalue weighted by Gasteiger charge is -2.31. The van der Waals surface area contributed by atoms with E-state index in [9.17, 15) is 24.6 Å². The number of ether oxygens (including phenoxy) is 1. The summed E-state index contributed by atoms with van der Waals surface area (Å²) in [6, 6.07) is 6.41. The normalized spacial score (nSPS) is 14.1. The van der Waals surface area contributed by atoms with E-state index in [1.165, 1.54) is 63.2 Å². The highest BCUT2D eigenvalue weighted by atomic mass is 32.2. The number of aliphatic hydroxyl groups is 1. The molecule has 8 nitrogen and oxygen atoms in total. The largest absolute Gasteiger partial charge is 0.494 e. The summed E-state index contributed by atoms with van der Waals surface area (Å²) < 4.78 is 5.71. The fraction of sp³-hybridized carbons (Fsp3) is 0.694.